The van der Waals surface area contributed by atoms with Gasteiger partial charge < -0.3 is 16.0 Å². The number of amides is 2. The highest BCUT2D eigenvalue weighted by Crippen LogP contribution is 2.30. The predicted molar refractivity (Wildman–Crippen MR) is 132 cm³/mol. The van der Waals surface area contributed by atoms with E-state index in [1.165, 1.54) is 0 Å². The number of likely N-dealkylation sites (tertiary alicyclic amines) is 2. The molecule has 5 rings (SSSR count). The Labute approximate surface area is 205 Å². The fraction of sp³-hybridized carbons (Fsp3) is 0.400. The molecule has 0 aliphatic carbocycles. The fourth-order valence-corrected chi connectivity index (χ4v) is 6.50. The van der Waals surface area contributed by atoms with E-state index in [4.69, 9.17) is 5.73 Å². The van der Waals surface area contributed by atoms with Gasteiger partial charge in [0.25, 0.3) is 10.0 Å². The van der Waals surface area contributed by atoms with Gasteiger partial charge >= 0.3 is 0 Å². The van der Waals surface area contributed by atoms with E-state index in [9.17, 15) is 18.0 Å². The summed E-state index contributed by atoms with van der Waals surface area (Å²) in [6, 6.07) is 14.1. The van der Waals surface area contributed by atoms with Gasteiger partial charge in [0.2, 0.25) is 11.8 Å². The van der Waals surface area contributed by atoms with E-state index in [1.54, 1.807) is 24.3 Å². The zero-order valence-corrected chi connectivity index (χ0v) is 20.2. The van der Waals surface area contributed by atoms with Crippen LogP contribution in [0.3, 0.4) is 0 Å². The molecule has 3 aliphatic rings. The molecular weight excluding hydrogens is 466 g/mol. The number of piperidine rings is 1. The van der Waals surface area contributed by atoms with Crippen molar-refractivity contribution in [1.29, 1.82) is 0 Å². The highest BCUT2D eigenvalue weighted by molar-refractivity contribution is 7.90. The molecule has 0 aromatic heterocycles. The van der Waals surface area contributed by atoms with Gasteiger partial charge in [-0.1, -0.05) is 30.3 Å². The number of hydrogen-bond donors (Lipinski definition) is 2. The van der Waals surface area contributed by atoms with Gasteiger partial charge in [-0.05, 0) is 56.0 Å². The standard InChI is InChI=1S/C25H29N5O4S/c26-23(31)21-11-6-13-29(21)15-17-7-1-3-10-20(17)27-25(32)18-8-5-14-30(16-18)24-19-9-2-4-12-22(19)35(33,34)28-24/h1-4,7,9-10,12,18,21H,5-6,8,11,13-16H2,(H2,26,31)(H,27,32). The van der Waals surface area contributed by atoms with Crippen LogP contribution in [-0.2, 0) is 26.2 Å². The zero-order chi connectivity index (χ0) is 24.6. The number of para-hydroxylation sites is 1. The van der Waals surface area contributed by atoms with Crippen LogP contribution in [-0.4, -0.2) is 61.5 Å². The van der Waals surface area contributed by atoms with E-state index in [2.05, 4.69) is 14.6 Å². The van der Waals surface area contributed by atoms with Crippen LogP contribution < -0.4 is 11.1 Å². The average Bonchev–Trinajstić information content (AvgIpc) is 3.43. The monoisotopic (exact) mass is 495 g/mol. The van der Waals surface area contributed by atoms with Gasteiger partial charge in [0.15, 0.2) is 5.84 Å². The van der Waals surface area contributed by atoms with Crippen molar-refractivity contribution in [3.63, 3.8) is 0 Å². The Kier molecular flexibility index (Phi) is 6.33. The van der Waals surface area contributed by atoms with Crippen molar-refractivity contribution in [2.24, 2.45) is 16.0 Å². The summed E-state index contributed by atoms with van der Waals surface area (Å²) in [6.45, 7) is 2.37. The van der Waals surface area contributed by atoms with Gasteiger partial charge in [-0.25, -0.2) is 0 Å². The first-order chi connectivity index (χ1) is 16.8. The van der Waals surface area contributed by atoms with E-state index < -0.39 is 10.0 Å². The molecular formula is C25H29N5O4S. The summed E-state index contributed by atoms with van der Waals surface area (Å²) in [7, 11) is -3.71. The number of carbonyl (C=O) groups excluding carboxylic acids is 2. The normalized spacial score (nSPS) is 23.5. The van der Waals surface area contributed by atoms with E-state index >= 15 is 0 Å². The number of rotatable bonds is 5. The van der Waals surface area contributed by atoms with Crippen molar-refractivity contribution < 1.29 is 18.0 Å². The molecule has 0 spiro atoms. The lowest BCUT2D eigenvalue weighted by Crippen LogP contribution is -2.44. The molecule has 0 bridgehead atoms. The topological polar surface area (TPSA) is 125 Å². The molecule has 3 N–H and O–H groups in total. The van der Waals surface area contributed by atoms with Crippen LogP contribution in [0.25, 0.3) is 0 Å². The zero-order valence-electron chi connectivity index (χ0n) is 19.4. The number of sulfonamides is 1. The molecule has 35 heavy (non-hydrogen) atoms. The third-order valence-corrected chi connectivity index (χ3v) is 8.37. The highest BCUT2D eigenvalue weighted by Gasteiger charge is 2.35. The van der Waals surface area contributed by atoms with Crippen LogP contribution in [0.15, 0.2) is 57.8 Å². The van der Waals surface area contributed by atoms with Gasteiger partial charge in [0.05, 0.1) is 12.0 Å². The van der Waals surface area contributed by atoms with Crippen molar-refractivity contribution in [2.75, 3.05) is 25.0 Å². The summed E-state index contributed by atoms with van der Waals surface area (Å²) in [5, 5.41) is 3.08. The Hall–Kier alpha value is -3.24. The van der Waals surface area contributed by atoms with Crippen molar-refractivity contribution in [1.82, 2.24) is 9.80 Å². The predicted octanol–water partition coefficient (Wildman–Crippen LogP) is 1.94. The molecule has 9 nitrogen and oxygen atoms in total. The maximum atomic E-state index is 13.3. The summed E-state index contributed by atoms with van der Waals surface area (Å²) in [5.74, 6) is -0.306. The van der Waals surface area contributed by atoms with Crippen molar-refractivity contribution in [3.05, 3.63) is 59.7 Å². The summed E-state index contributed by atoms with van der Waals surface area (Å²) in [4.78, 5) is 29.2. The van der Waals surface area contributed by atoms with E-state index in [0.717, 1.165) is 37.1 Å². The number of primary amides is 1. The highest BCUT2D eigenvalue weighted by atomic mass is 32.2. The Morgan fingerprint density at radius 2 is 1.77 bits per heavy atom. The van der Waals surface area contributed by atoms with E-state index in [-0.39, 0.29) is 28.7 Å². The SMILES string of the molecule is NC(=O)C1CCCN1Cc1ccccc1NC(=O)C1CCCN(C2=NS(=O)(=O)c3ccccc32)C1. The maximum absolute atomic E-state index is 13.3. The molecule has 2 amide bonds. The molecule has 2 fully saturated rings. The molecule has 2 atom stereocenters. The minimum absolute atomic E-state index is 0.107. The Morgan fingerprint density at radius 1 is 1.03 bits per heavy atom. The van der Waals surface area contributed by atoms with Crippen LogP contribution in [0, 0.1) is 5.92 Å². The molecule has 2 saturated heterocycles. The number of benzene rings is 2. The van der Waals surface area contributed by atoms with Gasteiger partial charge in [-0.3, -0.25) is 14.5 Å². The summed E-state index contributed by atoms with van der Waals surface area (Å²) in [6.07, 6.45) is 3.14. The minimum atomic E-state index is -3.71. The second-order valence-corrected chi connectivity index (χ2v) is 10.9. The molecule has 0 radical (unpaired) electrons. The van der Waals surface area contributed by atoms with Crippen LogP contribution in [0.1, 0.15) is 36.8 Å². The lowest BCUT2D eigenvalue weighted by molar-refractivity contribution is -0.122. The van der Waals surface area contributed by atoms with Gasteiger partial charge in [0.1, 0.15) is 4.90 Å². The molecule has 2 unspecified atom stereocenters. The second kappa shape index (κ2) is 9.43. The number of hydrogen-bond acceptors (Lipinski definition) is 6. The third-order valence-electron chi connectivity index (χ3n) is 7.04. The molecule has 2 aromatic rings. The van der Waals surface area contributed by atoms with Crippen molar-refractivity contribution in [3.8, 4) is 0 Å². The van der Waals surface area contributed by atoms with Crippen molar-refractivity contribution >= 4 is 33.4 Å². The largest absolute Gasteiger partial charge is 0.368 e. The third kappa shape index (κ3) is 4.68. The molecule has 3 heterocycles. The molecule has 3 aliphatic heterocycles. The minimum Gasteiger partial charge on any atom is -0.368 e. The number of nitrogens with zero attached hydrogens (tertiary/aromatic N) is 3. The summed E-state index contributed by atoms with van der Waals surface area (Å²) in [5.41, 5.74) is 7.81. The number of carbonyl (C=O) groups is 2. The Balaban J connectivity index is 1.30. The Morgan fingerprint density at radius 3 is 2.60 bits per heavy atom. The first-order valence-corrected chi connectivity index (χ1v) is 13.4. The average molecular weight is 496 g/mol. The smallest absolute Gasteiger partial charge is 0.285 e. The molecule has 2 aromatic carbocycles. The Bertz CT molecular complexity index is 1290. The van der Waals surface area contributed by atoms with Gasteiger partial charge in [-0.2, -0.15) is 8.42 Å². The second-order valence-electron chi connectivity index (χ2n) is 9.35. The molecule has 10 heteroatoms. The quantitative estimate of drug-likeness (QED) is 0.653. The van der Waals surface area contributed by atoms with Crippen LogP contribution in [0.5, 0.6) is 0 Å². The van der Waals surface area contributed by atoms with Crippen LogP contribution in [0.2, 0.25) is 0 Å². The number of nitrogens with two attached hydrogens (primary N) is 1. The summed E-state index contributed by atoms with van der Waals surface area (Å²) >= 11 is 0. The number of amidine groups is 1. The number of anilines is 1. The van der Waals surface area contributed by atoms with E-state index in [1.807, 2.05) is 29.2 Å². The van der Waals surface area contributed by atoms with E-state index in [0.29, 0.717) is 37.5 Å². The van der Waals surface area contributed by atoms with Crippen molar-refractivity contribution in [2.45, 2.75) is 43.2 Å². The first kappa shape index (κ1) is 23.5. The maximum Gasteiger partial charge on any atom is 0.285 e. The number of nitrogens with one attached hydrogen (secondary N) is 1. The molecule has 184 valence electrons. The lowest BCUT2D eigenvalue weighted by atomic mass is 9.96. The fourth-order valence-electron chi connectivity index (χ4n) is 5.27. The van der Waals surface area contributed by atoms with Gasteiger partial charge in [-0.15, -0.1) is 4.40 Å². The first-order valence-electron chi connectivity index (χ1n) is 11.9. The van der Waals surface area contributed by atoms with Crippen LogP contribution in [0.4, 0.5) is 5.69 Å². The summed E-state index contributed by atoms with van der Waals surface area (Å²) < 4.78 is 29.0. The lowest BCUT2D eigenvalue weighted by Gasteiger charge is -2.33. The number of fused-ring (bicyclic) bond motifs is 1. The van der Waals surface area contributed by atoms with Crippen LogP contribution >= 0.6 is 0 Å². The van der Waals surface area contributed by atoms with Gasteiger partial charge in [0, 0.05) is 30.9 Å². The molecule has 0 saturated carbocycles.